The molecule has 1 fully saturated rings. The molecule has 0 bridgehead atoms. The summed E-state index contributed by atoms with van der Waals surface area (Å²) in [6.45, 7) is 6.07. The van der Waals surface area contributed by atoms with Gasteiger partial charge in [-0.3, -0.25) is 19.2 Å². The Morgan fingerprint density at radius 3 is 2.79 bits per heavy atom. The highest BCUT2D eigenvalue weighted by Gasteiger charge is 2.23. The number of anilines is 1. The lowest BCUT2D eigenvalue weighted by Gasteiger charge is -2.22. The van der Waals surface area contributed by atoms with E-state index in [0.717, 1.165) is 70.2 Å². The number of fused-ring (bicyclic) bond motifs is 5. The maximum atomic E-state index is 13.7. The van der Waals surface area contributed by atoms with Crippen molar-refractivity contribution < 1.29 is 4.79 Å². The molecule has 0 aliphatic carbocycles. The Hall–Kier alpha value is -3.54. The minimum absolute atomic E-state index is 0.245. The summed E-state index contributed by atoms with van der Waals surface area (Å²) in [5, 5.41) is 4.30. The van der Waals surface area contributed by atoms with Gasteiger partial charge >= 0.3 is 0 Å². The number of hydrogen-bond acceptors (Lipinski definition) is 9. The van der Waals surface area contributed by atoms with Crippen molar-refractivity contribution in [2.45, 2.75) is 19.9 Å². The van der Waals surface area contributed by atoms with Crippen LogP contribution in [0.1, 0.15) is 28.2 Å². The summed E-state index contributed by atoms with van der Waals surface area (Å²) < 4.78 is 7.46. The predicted molar refractivity (Wildman–Crippen MR) is 155 cm³/mol. The van der Waals surface area contributed by atoms with E-state index >= 15 is 0 Å². The zero-order chi connectivity index (χ0) is 26.2. The zero-order valence-corrected chi connectivity index (χ0v) is 23.0. The van der Waals surface area contributed by atoms with Gasteiger partial charge in [-0.1, -0.05) is 12.1 Å². The molecule has 11 heteroatoms. The molecule has 194 valence electrons. The highest BCUT2D eigenvalue weighted by atomic mass is 32.1. The van der Waals surface area contributed by atoms with Gasteiger partial charge in [-0.15, -0.1) is 11.3 Å². The Kier molecular flexibility index (Phi) is 6.73. The molecule has 5 aromatic rings. The van der Waals surface area contributed by atoms with Crippen molar-refractivity contribution in [1.29, 1.82) is 0 Å². The number of nitrogens with one attached hydrogen (secondary N) is 1. The minimum Gasteiger partial charge on any atom is -0.355 e. The van der Waals surface area contributed by atoms with Crippen LogP contribution in [0.4, 0.5) is 5.82 Å². The third-order valence-electron chi connectivity index (χ3n) is 6.93. The molecule has 9 nitrogen and oxygen atoms in total. The Balaban J connectivity index is 1.52. The second kappa shape index (κ2) is 10.3. The number of thiazole rings is 1. The van der Waals surface area contributed by atoms with Gasteiger partial charge in [0.05, 0.1) is 39.7 Å². The number of aromatic nitrogens is 4. The first-order valence-corrected chi connectivity index (χ1v) is 13.8. The first-order chi connectivity index (χ1) is 18.5. The fourth-order valence-electron chi connectivity index (χ4n) is 4.92. The van der Waals surface area contributed by atoms with Gasteiger partial charge < -0.3 is 15.1 Å². The van der Waals surface area contributed by atoms with Crippen molar-refractivity contribution in [2.75, 3.05) is 38.1 Å². The summed E-state index contributed by atoms with van der Waals surface area (Å²) in [5.74, 6) is 0.683. The first-order valence-electron chi connectivity index (χ1n) is 12.6. The van der Waals surface area contributed by atoms with Crippen LogP contribution in [0, 0.1) is 6.92 Å². The van der Waals surface area contributed by atoms with Gasteiger partial charge in [0.2, 0.25) is 0 Å². The van der Waals surface area contributed by atoms with Crippen LogP contribution in [0.5, 0.6) is 0 Å². The van der Waals surface area contributed by atoms with E-state index in [1.807, 2.05) is 31.2 Å². The summed E-state index contributed by atoms with van der Waals surface area (Å²) >= 11 is 5.86. The summed E-state index contributed by atoms with van der Waals surface area (Å²) in [6, 6.07) is 12.2. The molecule has 0 atom stereocenters. The van der Waals surface area contributed by atoms with E-state index in [0.29, 0.717) is 16.6 Å². The molecule has 38 heavy (non-hydrogen) atoms. The molecule has 6 rings (SSSR count). The molecule has 0 saturated carbocycles. The summed E-state index contributed by atoms with van der Waals surface area (Å²) in [5.41, 5.74) is 3.75. The fourth-order valence-corrected chi connectivity index (χ4v) is 6.31. The molecule has 1 amide bonds. The number of pyridine rings is 2. The lowest BCUT2D eigenvalue weighted by molar-refractivity contribution is 0.0951. The molecule has 1 aliphatic heterocycles. The van der Waals surface area contributed by atoms with Crippen molar-refractivity contribution in [3.63, 3.8) is 0 Å². The molecule has 0 spiro atoms. The van der Waals surface area contributed by atoms with E-state index in [1.165, 1.54) is 0 Å². The van der Waals surface area contributed by atoms with E-state index in [2.05, 4.69) is 65.9 Å². The monoisotopic (exact) mass is 544 g/mol. The molecular weight excluding hydrogens is 516 g/mol. The standard InChI is InChI=1S/C27H28N8OS2/c1-17-14-29-18(15-28-17)16-30-26(36)23-24(32-37)19-8-9-22(34-11-5-10-33(2)12-13-34)31-25(19)35-20-6-3-4-7-21(20)38-27(23)35/h3-4,6-9,14-15,37H,5,10-13,16H2,1-2H3,(H,30,36). The maximum absolute atomic E-state index is 13.7. The third kappa shape index (κ3) is 4.50. The summed E-state index contributed by atoms with van der Waals surface area (Å²) in [4.78, 5) is 33.0. The highest BCUT2D eigenvalue weighted by Crippen LogP contribution is 2.31. The van der Waals surface area contributed by atoms with Gasteiger partial charge in [0, 0.05) is 31.2 Å². The summed E-state index contributed by atoms with van der Waals surface area (Å²) in [7, 11) is 2.16. The largest absolute Gasteiger partial charge is 0.355 e. The number of rotatable bonds is 4. The number of hydrogen-bond donors (Lipinski definition) is 2. The van der Waals surface area contributed by atoms with Gasteiger partial charge in [0.25, 0.3) is 5.91 Å². The van der Waals surface area contributed by atoms with Gasteiger partial charge in [0.1, 0.15) is 21.9 Å². The molecule has 1 aromatic carbocycles. The second-order valence-corrected chi connectivity index (χ2v) is 10.8. The summed E-state index contributed by atoms with van der Waals surface area (Å²) in [6.07, 6.45) is 4.45. The third-order valence-corrected chi connectivity index (χ3v) is 8.27. The van der Waals surface area contributed by atoms with Crippen molar-refractivity contribution in [2.24, 2.45) is 4.40 Å². The maximum Gasteiger partial charge on any atom is 0.256 e. The van der Waals surface area contributed by atoms with Gasteiger partial charge in [-0.2, -0.15) is 0 Å². The Morgan fingerprint density at radius 2 is 1.97 bits per heavy atom. The number of thiol groups is 1. The number of para-hydroxylation sites is 1. The van der Waals surface area contributed by atoms with Crippen LogP contribution in [-0.2, 0) is 6.54 Å². The number of carbonyl (C=O) groups excluding carboxylic acids is 1. The fraction of sp³-hybridized carbons (Fsp3) is 0.296. The Bertz CT molecular complexity index is 1730. The average Bonchev–Trinajstić information content (AvgIpc) is 3.19. The topological polar surface area (TPSA) is 91.0 Å². The van der Waals surface area contributed by atoms with E-state index in [4.69, 9.17) is 4.98 Å². The molecule has 1 aliphatic rings. The smallest absolute Gasteiger partial charge is 0.256 e. The Labute approximate surface area is 229 Å². The molecule has 1 saturated heterocycles. The average molecular weight is 545 g/mol. The number of nitrogens with zero attached hydrogens (tertiary/aromatic N) is 7. The van der Waals surface area contributed by atoms with Crippen molar-refractivity contribution >= 4 is 62.0 Å². The Morgan fingerprint density at radius 1 is 1.11 bits per heavy atom. The van der Waals surface area contributed by atoms with Crippen molar-refractivity contribution in [1.82, 2.24) is 29.6 Å². The molecular formula is C27H28N8OS2. The zero-order valence-electron chi connectivity index (χ0n) is 21.3. The number of aryl methyl sites for hydroxylation is 1. The number of likely N-dealkylation sites (N-methyl/N-ethyl adjacent to an activating group) is 1. The minimum atomic E-state index is -0.245. The van der Waals surface area contributed by atoms with Crippen LogP contribution in [-0.4, -0.2) is 63.4 Å². The first kappa shape index (κ1) is 24.8. The van der Waals surface area contributed by atoms with Gasteiger partial charge in [-0.25, -0.2) is 9.38 Å². The van der Waals surface area contributed by atoms with Gasteiger partial charge in [0.15, 0.2) is 0 Å². The van der Waals surface area contributed by atoms with Crippen LogP contribution >= 0.6 is 24.2 Å². The molecule has 0 radical (unpaired) electrons. The van der Waals surface area contributed by atoms with E-state index in [-0.39, 0.29) is 12.5 Å². The molecule has 1 N–H and O–H groups in total. The number of carbonyl (C=O) groups is 1. The molecule has 5 heterocycles. The van der Waals surface area contributed by atoms with Crippen LogP contribution < -0.4 is 15.6 Å². The lowest BCUT2D eigenvalue weighted by atomic mass is 10.1. The highest BCUT2D eigenvalue weighted by molar-refractivity contribution is 7.78. The van der Waals surface area contributed by atoms with Crippen LogP contribution in [0.3, 0.4) is 0 Å². The van der Waals surface area contributed by atoms with Gasteiger partial charge in [-0.05, 0) is 64.0 Å². The van der Waals surface area contributed by atoms with Crippen molar-refractivity contribution in [3.05, 3.63) is 71.1 Å². The van der Waals surface area contributed by atoms with Crippen molar-refractivity contribution in [3.8, 4) is 0 Å². The number of benzene rings is 1. The van der Waals surface area contributed by atoms with E-state index < -0.39 is 0 Å². The molecule has 4 aromatic heterocycles. The number of amides is 1. The predicted octanol–water partition coefficient (Wildman–Crippen LogP) is 3.62. The van der Waals surface area contributed by atoms with Crippen LogP contribution in [0.2, 0.25) is 0 Å². The van der Waals surface area contributed by atoms with Crippen LogP contribution in [0.25, 0.3) is 26.1 Å². The van der Waals surface area contributed by atoms with E-state index in [9.17, 15) is 4.79 Å². The second-order valence-electron chi connectivity index (χ2n) is 9.55. The SMILES string of the molecule is Cc1cnc(CNC(=O)c2c(=NS)c3ccc(N4CCCN(C)CC4)nc3n3c2sc2ccccc23)cn1. The normalized spacial score (nSPS) is 15.4. The quantitative estimate of drug-likeness (QED) is 0.336. The lowest BCUT2D eigenvalue weighted by Crippen LogP contribution is -2.31. The van der Waals surface area contributed by atoms with E-state index in [1.54, 1.807) is 23.7 Å². The van der Waals surface area contributed by atoms with Crippen LogP contribution in [0.15, 0.2) is 53.2 Å². The molecule has 0 unspecified atom stereocenters.